The van der Waals surface area contributed by atoms with Gasteiger partial charge in [0, 0.05) is 11.9 Å². The fourth-order valence-corrected chi connectivity index (χ4v) is 2.63. The first-order valence-corrected chi connectivity index (χ1v) is 7.91. The van der Waals surface area contributed by atoms with E-state index in [0.717, 1.165) is 17.5 Å². The number of hydrogen-bond donors (Lipinski definition) is 2. The number of aryl methyl sites for hydroxylation is 1. The van der Waals surface area contributed by atoms with Crippen LogP contribution in [-0.4, -0.2) is 39.3 Å². The second-order valence-corrected chi connectivity index (χ2v) is 6.80. The lowest BCUT2D eigenvalue weighted by atomic mass is 10.0. The molecule has 0 saturated heterocycles. The number of ether oxygens (including phenoxy) is 1. The molecule has 22 heavy (non-hydrogen) atoms. The summed E-state index contributed by atoms with van der Waals surface area (Å²) >= 11 is 0. The molecular weight excluding hydrogens is 280 g/mol. The molecule has 2 atom stereocenters. The fourth-order valence-electron chi connectivity index (χ4n) is 2.63. The molecule has 0 spiro atoms. The zero-order valence-electron chi connectivity index (χ0n) is 14.9. The van der Waals surface area contributed by atoms with Crippen LogP contribution >= 0.6 is 0 Å². The predicted octanol–water partition coefficient (Wildman–Crippen LogP) is 3.56. The van der Waals surface area contributed by atoms with Crippen molar-refractivity contribution < 1.29 is 14.6 Å². The molecule has 5 nitrogen and oxygen atoms in total. The van der Waals surface area contributed by atoms with Crippen LogP contribution in [-0.2, 0) is 11.2 Å². The molecule has 1 aromatic heterocycles. The Morgan fingerprint density at radius 1 is 1.41 bits per heavy atom. The number of hydrogen-bond acceptors (Lipinski definition) is 3. The van der Waals surface area contributed by atoms with Gasteiger partial charge in [0.25, 0.3) is 0 Å². The van der Waals surface area contributed by atoms with Crippen molar-refractivity contribution in [3.8, 4) is 0 Å². The molecule has 1 heterocycles. The quantitative estimate of drug-likeness (QED) is 0.874. The molecular formula is C17H30N2O3. The van der Waals surface area contributed by atoms with E-state index in [-0.39, 0.29) is 18.7 Å². The number of carbonyl (C=O) groups excluding carboxylic acids is 1. The number of carbonyl (C=O) groups is 1. The largest absolute Gasteiger partial charge is 0.444 e. The number of aromatic amines is 1. The molecule has 126 valence electrons. The van der Waals surface area contributed by atoms with Gasteiger partial charge in [-0.05, 0) is 59.1 Å². The number of H-pyrrole nitrogens is 1. The molecule has 0 aromatic carbocycles. The number of aliphatic hydroxyl groups excluding tert-OH is 1. The van der Waals surface area contributed by atoms with Crippen LogP contribution in [0.5, 0.6) is 0 Å². The third-order valence-electron chi connectivity index (χ3n) is 3.85. The Kier molecular flexibility index (Phi) is 6.06. The first kappa shape index (κ1) is 18.6. The first-order chi connectivity index (χ1) is 10.1. The fraction of sp³-hybridized carbons (Fsp3) is 0.706. The molecule has 0 bridgehead atoms. The highest BCUT2D eigenvalue weighted by molar-refractivity contribution is 5.69. The van der Waals surface area contributed by atoms with Crippen molar-refractivity contribution in [2.24, 2.45) is 0 Å². The zero-order chi connectivity index (χ0) is 17.1. The molecule has 0 aliphatic rings. The Morgan fingerprint density at radius 3 is 2.41 bits per heavy atom. The third kappa shape index (κ3) is 4.26. The first-order valence-electron chi connectivity index (χ1n) is 7.91. The average Bonchev–Trinajstić information content (AvgIpc) is 2.77. The van der Waals surface area contributed by atoms with Crippen LogP contribution in [0.25, 0.3) is 0 Å². The molecule has 0 saturated carbocycles. The molecule has 0 aliphatic heterocycles. The predicted molar refractivity (Wildman–Crippen MR) is 87.9 cm³/mol. The molecule has 5 heteroatoms. The molecule has 1 amide bonds. The van der Waals surface area contributed by atoms with Crippen LogP contribution in [0.2, 0.25) is 0 Å². The minimum absolute atomic E-state index is 0.103. The van der Waals surface area contributed by atoms with Gasteiger partial charge in [-0.15, -0.1) is 0 Å². The summed E-state index contributed by atoms with van der Waals surface area (Å²) in [4.78, 5) is 17.4. The van der Waals surface area contributed by atoms with E-state index in [4.69, 9.17) is 4.74 Å². The molecule has 2 N–H and O–H groups in total. The Morgan fingerprint density at radius 2 is 2.00 bits per heavy atom. The van der Waals surface area contributed by atoms with Gasteiger partial charge in [-0.2, -0.15) is 0 Å². The Balaban J connectivity index is 3.10. The van der Waals surface area contributed by atoms with Gasteiger partial charge in [-0.1, -0.05) is 6.92 Å². The van der Waals surface area contributed by atoms with E-state index in [1.54, 1.807) is 4.90 Å². The Labute approximate surface area is 133 Å². The summed E-state index contributed by atoms with van der Waals surface area (Å²) in [7, 11) is 0. The van der Waals surface area contributed by atoms with E-state index in [1.165, 1.54) is 5.69 Å². The molecule has 1 aromatic rings. The van der Waals surface area contributed by atoms with Gasteiger partial charge in [0.1, 0.15) is 5.60 Å². The lowest BCUT2D eigenvalue weighted by Gasteiger charge is -2.35. The third-order valence-corrected chi connectivity index (χ3v) is 3.85. The number of nitrogens with one attached hydrogen (secondary N) is 1. The maximum absolute atomic E-state index is 12.5. The minimum atomic E-state index is -0.563. The summed E-state index contributed by atoms with van der Waals surface area (Å²) in [5.74, 6) is 0. The summed E-state index contributed by atoms with van der Waals surface area (Å²) in [5.41, 5.74) is 2.82. The number of rotatable bonds is 5. The number of amides is 1. The van der Waals surface area contributed by atoms with Gasteiger partial charge in [-0.3, -0.25) is 4.90 Å². The topological polar surface area (TPSA) is 65.6 Å². The summed E-state index contributed by atoms with van der Waals surface area (Å²) in [6.07, 6.45) is 2.46. The second kappa shape index (κ2) is 7.18. The standard InChI is InChI=1S/C17H30N2O3/c1-8-15-12(3)14(9-18-15)13(4)19(11(2)10-20)16(21)22-17(5,6)7/h9,11,13,18,20H,8,10H2,1-7H3. The Bertz CT molecular complexity index is 502. The Hall–Kier alpha value is -1.49. The summed E-state index contributed by atoms with van der Waals surface area (Å²) in [6.45, 7) is 13.4. The van der Waals surface area contributed by atoms with Crippen molar-refractivity contribution in [2.45, 2.75) is 72.6 Å². The molecule has 0 radical (unpaired) electrons. The lowest BCUT2D eigenvalue weighted by Crippen LogP contribution is -2.45. The molecule has 1 rings (SSSR count). The lowest BCUT2D eigenvalue weighted by molar-refractivity contribution is 0.00124. The summed E-state index contributed by atoms with van der Waals surface area (Å²) in [6, 6.07) is -0.488. The van der Waals surface area contributed by atoms with E-state index >= 15 is 0 Å². The van der Waals surface area contributed by atoms with Crippen LogP contribution in [0.15, 0.2) is 6.20 Å². The van der Waals surface area contributed by atoms with E-state index in [2.05, 4.69) is 18.8 Å². The van der Waals surface area contributed by atoms with Crippen molar-refractivity contribution in [2.75, 3.05) is 6.61 Å². The van der Waals surface area contributed by atoms with Gasteiger partial charge in [0.2, 0.25) is 0 Å². The van der Waals surface area contributed by atoms with Crippen LogP contribution in [0, 0.1) is 6.92 Å². The van der Waals surface area contributed by atoms with Gasteiger partial charge < -0.3 is 14.8 Å². The van der Waals surface area contributed by atoms with E-state index in [1.807, 2.05) is 40.8 Å². The second-order valence-electron chi connectivity index (χ2n) is 6.80. The maximum atomic E-state index is 12.5. The maximum Gasteiger partial charge on any atom is 0.411 e. The van der Waals surface area contributed by atoms with Crippen molar-refractivity contribution in [1.29, 1.82) is 0 Å². The van der Waals surface area contributed by atoms with Crippen LogP contribution in [0.1, 0.15) is 64.4 Å². The van der Waals surface area contributed by atoms with Crippen LogP contribution in [0.3, 0.4) is 0 Å². The van der Waals surface area contributed by atoms with Gasteiger partial charge in [0.05, 0.1) is 18.7 Å². The van der Waals surface area contributed by atoms with Gasteiger partial charge >= 0.3 is 6.09 Å². The van der Waals surface area contributed by atoms with E-state index in [0.29, 0.717) is 0 Å². The molecule has 0 fully saturated rings. The van der Waals surface area contributed by atoms with E-state index in [9.17, 15) is 9.90 Å². The number of aliphatic hydroxyl groups is 1. The highest BCUT2D eigenvalue weighted by atomic mass is 16.6. The van der Waals surface area contributed by atoms with Crippen molar-refractivity contribution in [1.82, 2.24) is 9.88 Å². The van der Waals surface area contributed by atoms with Gasteiger partial charge in [0.15, 0.2) is 0 Å². The zero-order valence-corrected chi connectivity index (χ0v) is 14.9. The number of nitrogens with zero attached hydrogens (tertiary/aromatic N) is 1. The summed E-state index contributed by atoms with van der Waals surface area (Å²) < 4.78 is 5.50. The summed E-state index contributed by atoms with van der Waals surface area (Å²) in [5, 5.41) is 9.51. The normalized spacial score (nSPS) is 14.5. The van der Waals surface area contributed by atoms with Crippen LogP contribution in [0.4, 0.5) is 4.79 Å². The molecule has 0 aliphatic carbocycles. The van der Waals surface area contributed by atoms with E-state index < -0.39 is 11.7 Å². The SMILES string of the molecule is CCc1[nH]cc(C(C)N(C(=O)OC(C)(C)C)C(C)CO)c1C. The van der Waals surface area contributed by atoms with Crippen LogP contribution < -0.4 is 0 Å². The van der Waals surface area contributed by atoms with Gasteiger partial charge in [-0.25, -0.2) is 4.79 Å². The smallest absolute Gasteiger partial charge is 0.411 e. The monoisotopic (exact) mass is 310 g/mol. The van der Waals surface area contributed by atoms with Crippen molar-refractivity contribution >= 4 is 6.09 Å². The average molecular weight is 310 g/mol. The number of aromatic nitrogens is 1. The minimum Gasteiger partial charge on any atom is -0.444 e. The van der Waals surface area contributed by atoms with Crippen molar-refractivity contribution in [3.63, 3.8) is 0 Å². The van der Waals surface area contributed by atoms with Crippen molar-refractivity contribution in [3.05, 3.63) is 23.0 Å². The molecule has 2 unspecified atom stereocenters. The highest BCUT2D eigenvalue weighted by Crippen LogP contribution is 2.29. The highest BCUT2D eigenvalue weighted by Gasteiger charge is 2.31.